The summed E-state index contributed by atoms with van der Waals surface area (Å²) >= 11 is 3.33. The molecule has 0 bridgehead atoms. The molecule has 0 radical (unpaired) electrons. The molecule has 98 valence electrons. The molecule has 4 heteroatoms. The van der Waals surface area contributed by atoms with E-state index in [0.29, 0.717) is 17.7 Å². The Kier molecular flexibility index (Phi) is 4.32. The van der Waals surface area contributed by atoms with Crippen LogP contribution in [0, 0.1) is 5.82 Å². The number of carbonyl (C=O) groups is 1. The van der Waals surface area contributed by atoms with Gasteiger partial charge in [-0.1, -0.05) is 34.1 Å². The van der Waals surface area contributed by atoms with Gasteiger partial charge in [-0.05, 0) is 24.3 Å². The van der Waals surface area contributed by atoms with Crippen molar-refractivity contribution in [2.75, 3.05) is 11.9 Å². The van der Waals surface area contributed by atoms with Crippen molar-refractivity contribution >= 4 is 27.9 Å². The Morgan fingerprint density at radius 3 is 2.68 bits per heavy atom. The van der Waals surface area contributed by atoms with Gasteiger partial charge in [-0.3, -0.25) is 4.79 Å². The molecule has 2 nitrogen and oxygen atoms in total. The lowest BCUT2D eigenvalue weighted by Crippen LogP contribution is -2.18. The van der Waals surface area contributed by atoms with E-state index < -0.39 is 0 Å². The van der Waals surface area contributed by atoms with Gasteiger partial charge in [0.2, 0.25) is 0 Å². The van der Waals surface area contributed by atoms with Crippen molar-refractivity contribution in [1.29, 1.82) is 0 Å². The summed E-state index contributed by atoms with van der Waals surface area (Å²) in [4.78, 5) is 12.9. The topological polar surface area (TPSA) is 20.3 Å². The fraction of sp³-hybridized carbons (Fsp3) is 0.133. The van der Waals surface area contributed by atoms with Crippen molar-refractivity contribution in [3.05, 3.63) is 63.9 Å². The van der Waals surface area contributed by atoms with Crippen LogP contribution in [0.4, 0.5) is 10.1 Å². The highest BCUT2D eigenvalue weighted by Gasteiger charge is 2.10. The SMILES string of the molecule is CN(Cc1ccccc1F)c1ccc(Br)cc1C=O. The average Bonchev–Trinajstić information content (AvgIpc) is 2.41. The fourth-order valence-corrected chi connectivity index (χ4v) is 2.31. The number of nitrogens with zero attached hydrogens (tertiary/aromatic N) is 1. The summed E-state index contributed by atoms with van der Waals surface area (Å²) in [7, 11) is 1.84. The van der Waals surface area contributed by atoms with Crippen molar-refractivity contribution in [2.24, 2.45) is 0 Å². The van der Waals surface area contributed by atoms with Gasteiger partial charge in [0.1, 0.15) is 5.82 Å². The van der Waals surface area contributed by atoms with E-state index in [1.165, 1.54) is 6.07 Å². The van der Waals surface area contributed by atoms with E-state index in [1.54, 1.807) is 24.3 Å². The van der Waals surface area contributed by atoms with Crippen LogP contribution in [0.1, 0.15) is 15.9 Å². The lowest BCUT2D eigenvalue weighted by molar-refractivity contribution is 0.112. The van der Waals surface area contributed by atoms with Crippen LogP contribution in [0.15, 0.2) is 46.9 Å². The van der Waals surface area contributed by atoms with Crippen LogP contribution >= 0.6 is 15.9 Å². The van der Waals surface area contributed by atoms with E-state index in [1.807, 2.05) is 24.1 Å². The summed E-state index contributed by atoms with van der Waals surface area (Å²) in [5.74, 6) is -0.237. The van der Waals surface area contributed by atoms with Crippen LogP contribution in [0.3, 0.4) is 0 Å². The second-order valence-electron chi connectivity index (χ2n) is 4.27. The molecule has 2 aromatic carbocycles. The highest BCUT2D eigenvalue weighted by Crippen LogP contribution is 2.24. The fourth-order valence-electron chi connectivity index (χ4n) is 1.93. The van der Waals surface area contributed by atoms with Crippen LogP contribution in [-0.4, -0.2) is 13.3 Å². The number of anilines is 1. The van der Waals surface area contributed by atoms with Gasteiger partial charge in [0, 0.05) is 34.9 Å². The van der Waals surface area contributed by atoms with Gasteiger partial charge in [0.05, 0.1) is 0 Å². The first-order valence-corrected chi connectivity index (χ1v) is 6.60. The highest BCUT2D eigenvalue weighted by molar-refractivity contribution is 9.10. The molecule has 2 aromatic rings. The molecule has 0 aromatic heterocycles. The Balaban J connectivity index is 2.28. The summed E-state index contributed by atoms with van der Waals surface area (Å²) in [6, 6.07) is 12.1. The Labute approximate surface area is 120 Å². The van der Waals surface area contributed by atoms with Gasteiger partial charge in [-0.15, -0.1) is 0 Å². The van der Waals surface area contributed by atoms with Crippen LogP contribution in [0.25, 0.3) is 0 Å². The number of benzene rings is 2. The van der Waals surface area contributed by atoms with E-state index in [2.05, 4.69) is 15.9 Å². The van der Waals surface area contributed by atoms with Gasteiger partial charge in [0.15, 0.2) is 6.29 Å². The molecule has 2 rings (SSSR count). The summed E-state index contributed by atoms with van der Waals surface area (Å²) in [5.41, 5.74) is 1.96. The maximum Gasteiger partial charge on any atom is 0.152 e. The minimum atomic E-state index is -0.237. The second kappa shape index (κ2) is 5.97. The van der Waals surface area contributed by atoms with E-state index in [-0.39, 0.29) is 5.82 Å². The molecule has 0 saturated heterocycles. The number of halogens is 2. The number of hydrogen-bond acceptors (Lipinski definition) is 2. The molecule has 0 heterocycles. The molecule has 19 heavy (non-hydrogen) atoms. The molecule has 0 spiro atoms. The van der Waals surface area contributed by atoms with Crippen molar-refractivity contribution in [3.63, 3.8) is 0 Å². The number of rotatable bonds is 4. The van der Waals surface area contributed by atoms with Crippen LogP contribution in [-0.2, 0) is 6.54 Å². The Morgan fingerprint density at radius 1 is 1.26 bits per heavy atom. The average molecular weight is 322 g/mol. The molecule has 0 aliphatic heterocycles. The Hall–Kier alpha value is -1.68. The first kappa shape index (κ1) is 13.7. The van der Waals surface area contributed by atoms with Crippen LogP contribution in [0.5, 0.6) is 0 Å². The zero-order chi connectivity index (χ0) is 13.8. The van der Waals surface area contributed by atoms with Gasteiger partial charge in [0.25, 0.3) is 0 Å². The standard InChI is InChI=1S/C15H13BrFNO/c1-18(9-11-4-2-3-5-14(11)17)15-7-6-13(16)8-12(15)10-19/h2-8,10H,9H2,1H3. The number of hydrogen-bond donors (Lipinski definition) is 0. The predicted octanol–water partition coefficient (Wildman–Crippen LogP) is 4.04. The van der Waals surface area contributed by atoms with Crippen LogP contribution in [0.2, 0.25) is 0 Å². The van der Waals surface area contributed by atoms with Gasteiger partial charge in [-0.25, -0.2) is 4.39 Å². The zero-order valence-corrected chi connectivity index (χ0v) is 12.0. The smallest absolute Gasteiger partial charge is 0.152 e. The van der Waals surface area contributed by atoms with E-state index in [9.17, 15) is 9.18 Å². The van der Waals surface area contributed by atoms with E-state index >= 15 is 0 Å². The molecular formula is C15H13BrFNO. The monoisotopic (exact) mass is 321 g/mol. The first-order valence-electron chi connectivity index (χ1n) is 5.81. The van der Waals surface area contributed by atoms with E-state index in [0.717, 1.165) is 16.4 Å². The molecule has 0 unspecified atom stereocenters. The zero-order valence-electron chi connectivity index (χ0n) is 10.4. The lowest BCUT2D eigenvalue weighted by atomic mass is 10.1. The molecule has 0 atom stereocenters. The highest BCUT2D eigenvalue weighted by atomic mass is 79.9. The summed E-state index contributed by atoms with van der Waals surface area (Å²) in [6.45, 7) is 0.412. The van der Waals surface area contributed by atoms with Crippen molar-refractivity contribution < 1.29 is 9.18 Å². The normalized spacial score (nSPS) is 10.3. The molecule has 0 saturated carbocycles. The summed E-state index contributed by atoms with van der Waals surface area (Å²) < 4.78 is 14.5. The minimum absolute atomic E-state index is 0.237. The largest absolute Gasteiger partial charge is 0.370 e. The van der Waals surface area contributed by atoms with Crippen molar-refractivity contribution in [1.82, 2.24) is 0 Å². The predicted molar refractivity (Wildman–Crippen MR) is 78.0 cm³/mol. The van der Waals surface area contributed by atoms with Gasteiger partial charge in [-0.2, -0.15) is 0 Å². The summed E-state index contributed by atoms with van der Waals surface area (Å²) in [6.07, 6.45) is 0.804. The maximum atomic E-state index is 13.6. The number of aldehydes is 1. The number of carbonyl (C=O) groups excluding carboxylic acids is 1. The Bertz CT molecular complexity index is 600. The molecule has 0 aliphatic carbocycles. The molecule has 0 amide bonds. The molecule has 0 N–H and O–H groups in total. The van der Waals surface area contributed by atoms with Crippen LogP contribution < -0.4 is 4.90 Å². The van der Waals surface area contributed by atoms with Gasteiger partial charge < -0.3 is 4.90 Å². The lowest BCUT2D eigenvalue weighted by Gasteiger charge is -2.21. The van der Waals surface area contributed by atoms with Crippen molar-refractivity contribution in [2.45, 2.75) is 6.54 Å². The third-order valence-electron chi connectivity index (χ3n) is 2.89. The maximum absolute atomic E-state index is 13.6. The summed E-state index contributed by atoms with van der Waals surface area (Å²) in [5, 5.41) is 0. The van der Waals surface area contributed by atoms with Gasteiger partial charge >= 0.3 is 0 Å². The first-order chi connectivity index (χ1) is 9.11. The van der Waals surface area contributed by atoms with Crippen molar-refractivity contribution in [3.8, 4) is 0 Å². The molecular weight excluding hydrogens is 309 g/mol. The Morgan fingerprint density at radius 2 is 2.00 bits per heavy atom. The quantitative estimate of drug-likeness (QED) is 0.792. The second-order valence-corrected chi connectivity index (χ2v) is 5.18. The molecule has 0 fully saturated rings. The molecule has 0 aliphatic rings. The minimum Gasteiger partial charge on any atom is -0.370 e. The third kappa shape index (κ3) is 3.20. The third-order valence-corrected chi connectivity index (χ3v) is 3.39. The van der Waals surface area contributed by atoms with E-state index in [4.69, 9.17) is 0 Å².